The molecular weight excluding hydrogens is 272 g/mol. The quantitative estimate of drug-likeness (QED) is 0.589. The van der Waals surface area contributed by atoms with Crippen molar-refractivity contribution in [2.75, 3.05) is 5.43 Å². The smallest absolute Gasteiger partial charge is 0.158 e. The Morgan fingerprint density at radius 3 is 2.85 bits per heavy atom. The number of hydrogen-bond acceptors (Lipinski definition) is 6. The minimum atomic E-state index is 0.707. The maximum Gasteiger partial charge on any atom is 0.158 e. The van der Waals surface area contributed by atoms with E-state index in [1.807, 2.05) is 19.1 Å². The van der Waals surface area contributed by atoms with Crippen molar-refractivity contribution in [1.29, 1.82) is 0 Å². The molecule has 6 heteroatoms. The van der Waals surface area contributed by atoms with Crippen LogP contribution < -0.4 is 5.43 Å². The Bertz CT molecular complexity index is 788. The predicted molar refractivity (Wildman–Crippen MR) is 81.6 cm³/mol. The Morgan fingerprint density at radius 2 is 2.10 bits per heavy atom. The van der Waals surface area contributed by atoms with Gasteiger partial charge in [-0.05, 0) is 38.5 Å². The molecule has 0 spiro atoms. The highest BCUT2D eigenvalue weighted by Crippen LogP contribution is 2.32. The van der Waals surface area contributed by atoms with Gasteiger partial charge in [0, 0.05) is 4.88 Å². The standard InChI is InChI=1S/C14H14N4OS/c1-8-4-5-11(19-8)6-17-18-13-12-9(2)10(3)20-14(12)16-7-15-13/h4-7H,1-3H3,(H,15,16,18)/b17-6+. The van der Waals surface area contributed by atoms with Crippen molar-refractivity contribution >= 4 is 33.6 Å². The number of anilines is 1. The first-order chi connectivity index (χ1) is 9.65. The van der Waals surface area contributed by atoms with Crippen LogP contribution in [-0.2, 0) is 0 Å². The molecule has 0 saturated carbocycles. The fourth-order valence-electron chi connectivity index (χ4n) is 1.95. The van der Waals surface area contributed by atoms with E-state index in [2.05, 4.69) is 34.3 Å². The molecule has 0 amide bonds. The third kappa shape index (κ3) is 2.30. The van der Waals surface area contributed by atoms with Gasteiger partial charge >= 0.3 is 0 Å². The molecule has 3 aromatic rings. The first-order valence-electron chi connectivity index (χ1n) is 6.21. The third-order valence-corrected chi connectivity index (χ3v) is 4.20. The number of rotatable bonds is 3. The lowest BCUT2D eigenvalue weighted by Crippen LogP contribution is -1.95. The Kier molecular flexibility index (Phi) is 3.23. The van der Waals surface area contributed by atoms with Crippen LogP contribution in [0.25, 0.3) is 10.2 Å². The summed E-state index contributed by atoms with van der Waals surface area (Å²) in [6.45, 7) is 6.05. The number of hydrazone groups is 1. The zero-order valence-corrected chi connectivity index (χ0v) is 12.3. The average Bonchev–Trinajstić information content (AvgIpc) is 2.95. The topological polar surface area (TPSA) is 63.3 Å². The highest BCUT2D eigenvalue weighted by atomic mass is 32.1. The summed E-state index contributed by atoms with van der Waals surface area (Å²) in [6.07, 6.45) is 3.18. The lowest BCUT2D eigenvalue weighted by molar-refractivity contribution is 0.528. The monoisotopic (exact) mass is 286 g/mol. The van der Waals surface area contributed by atoms with Crippen molar-refractivity contribution in [3.8, 4) is 0 Å². The van der Waals surface area contributed by atoms with E-state index >= 15 is 0 Å². The molecule has 0 aliphatic heterocycles. The molecule has 20 heavy (non-hydrogen) atoms. The van der Waals surface area contributed by atoms with Crippen LogP contribution in [0.15, 0.2) is 28.0 Å². The highest BCUT2D eigenvalue weighted by Gasteiger charge is 2.11. The molecule has 5 nitrogen and oxygen atoms in total. The molecule has 0 radical (unpaired) electrons. The SMILES string of the molecule is Cc1ccc(/C=N/Nc2ncnc3sc(C)c(C)c23)o1. The summed E-state index contributed by atoms with van der Waals surface area (Å²) >= 11 is 1.66. The molecule has 1 N–H and O–H groups in total. The molecule has 3 rings (SSSR count). The number of hydrogen-bond donors (Lipinski definition) is 1. The first-order valence-corrected chi connectivity index (χ1v) is 7.03. The zero-order valence-electron chi connectivity index (χ0n) is 11.5. The van der Waals surface area contributed by atoms with Crippen LogP contribution in [0.1, 0.15) is 22.0 Å². The largest absolute Gasteiger partial charge is 0.460 e. The Morgan fingerprint density at radius 1 is 1.25 bits per heavy atom. The van der Waals surface area contributed by atoms with E-state index in [9.17, 15) is 0 Å². The van der Waals surface area contributed by atoms with Gasteiger partial charge in [0.2, 0.25) is 0 Å². The van der Waals surface area contributed by atoms with Crippen molar-refractivity contribution in [3.05, 3.63) is 40.4 Å². The number of nitrogens with zero attached hydrogens (tertiary/aromatic N) is 3. The fraction of sp³-hybridized carbons (Fsp3) is 0.214. The summed E-state index contributed by atoms with van der Waals surface area (Å²) in [5, 5.41) is 5.20. The van der Waals surface area contributed by atoms with Gasteiger partial charge in [-0.25, -0.2) is 9.97 Å². The first kappa shape index (κ1) is 12.8. The predicted octanol–water partition coefficient (Wildman–Crippen LogP) is 3.66. The van der Waals surface area contributed by atoms with E-state index < -0.39 is 0 Å². The summed E-state index contributed by atoms with van der Waals surface area (Å²) in [7, 11) is 0. The summed E-state index contributed by atoms with van der Waals surface area (Å²) < 4.78 is 5.42. The second-order valence-electron chi connectivity index (χ2n) is 4.50. The Labute approximate surface area is 120 Å². The average molecular weight is 286 g/mol. The molecule has 0 aromatic carbocycles. The van der Waals surface area contributed by atoms with Crippen LogP contribution in [0.4, 0.5) is 5.82 Å². The van der Waals surface area contributed by atoms with E-state index in [1.54, 1.807) is 23.9 Å². The number of fused-ring (bicyclic) bond motifs is 1. The van der Waals surface area contributed by atoms with Gasteiger partial charge in [0.05, 0.1) is 11.6 Å². The lowest BCUT2D eigenvalue weighted by Gasteiger charge is -2.01. The van der Waals surface area contributed by atoms with Crippen molar-refractivity contribution in [2.24, 2.45) is 5.10 Å². The normalized spacial score (nSPS) is 11.6. The molecule has 102 valence electrons. The van der Waals surface area contributed by atoms with E-state index in [1.165, 1.54) is 10.4 Å². The molecule has 0 bridgehead atoms. The van der Waals surface area contributed by atoms with Gasteiger partial charge in [0.1, 0.15) is 22.7 Å². The molecule has 0 aliphatic rings. The molecule has 3 heterocycles. The van der Waals surface area contributed by atoms with Crippen LogP contribution in [0.5, 0.6) is 0 Å². The maximum absolute atomic E-state index is 5.42. The molecular formula is C14H14N4OS. The maximum atomic E-state index is 5.42. The summed E-state index contributed by atoms with van der Waals surface area (Å²) in [6, 6.07) is 3.77. The van der Waals surface area contributed by atoms with Gasteiger partial charge in [-0.3, -0.25) is 5.43 Å². The fourth-order valence-corrected chi connectivity index (χ4v) is 2.94. The van der Waals surface area contributed by atoms with Gasteiger partial charge in [-0.1, -0.05) is 0 Å². The molecule has 0 aliphatic carbocycles. The second-order valence-corrected chi connectivity index (χ2v) is 5.71. The van der Waals surface area contributed by atoms with Crippen LogP contribution in [-0.4, -0.2) is 16.2 Å². The van der Waals surface area contributed by atoms with Crippen molar-refractivity contribution < 1.29 is 4.42 Å². The number of aryl methyl sites for hydroxylation is 3. The van der Waals surface area contributed by atoms with Gasteiger partial charge in [-0.2, -0.15) is 5.10 Å². The lowest BCUT2D eigenvalue weighted by atomic mass is 10.2. The molecule has 0 fully saturated rings. The van der Waals surface area contributed by atoms with Crippen molar-refractivity contribution in [1.82, 2.24) is 9.97 Å². The van der Waals surface area contributed by atoms with E-state index in [4.69, 9.17) is 4.42 Å². The highest BCUT2D eigenvalue weighted by molar-refractivity contribution is 7.18. The van der Waals surface area contributed by atoms with Gasteiger partial charge in [0.25, 0.3) is 0 Å². The van der Waals surface area contributed by atoms with Crippen molar-refractivity contribution in [2.45, 2.75) is 20.8 Å². The minimum Gasteiger partial charge on any atom is -0.460 e. The summed E-state index contributed by atoms with van der Waals surface area (Å²) in [5.74, 6) is 2.29. The van der Waals surface area contributed by atoms with Gasteiger partial charge in [-0.15, -0.1) is 11.3 Å². The van der Waals surface area contributed by atoms with Crippen LogP contribution in [0.2, 0.25) is 0 Å². The molecule has 0 atom stereocenters. The minimum absolute atomic E-state index is 0.707. The van der Waals surface area contributed by atoms with Crippen LogP contribution >= 0.6 is 11.3 Å². The number of furan rings is 1. The molecule has 3 aromatic heterocycles. The second kappa shape index (κ2) is 5.05. The van der Waals surface area contributed by atoms with Crippen LogP contribution in [0.3, 0.4) is 0 Å². The molecule has 0 unspecified atom stereocenters. The third-order valence-electron chi connectivity index (χ3n) is 3.09. The van der Waals surface area contributed by atoms with E-state index in [0.29, 0.717) is 5.76 Å². The van der Waals surface area contributed by atoms with Crippen molar-refractivity contribution in [3.63, 3.8) is 0 Å². The van der Waals surface area contributed by atoms with E-state index in [-0.39, 0.29) is 0 Å². The van der Waals surface area contributed by atoms with Crippen LogP contribution in [0, 0.1) is 20.8 Å². The number of aromatic nitrogens is 2. The summed E-state index contributed by atoms with van der Waals surface area (Å²) in [4.78, 5) is 10.8. The zero-order chi connectivity index (χ0) is 14.1. The summed E-state index contributed by atoms with van der Waals surface area (Å²) in [5.41, 5.74) is 4.16. The Hall–Kier alpha value is -2.21. The number of thiophene rings is 1. The number of nitrogens with one attached hydrogen (secondary N) is 1. The van der Waals surface area contributed by atoms with E-state index in [0.717, 1.165) is 21.8 Å². The Balaban J connectivity index is 1.89. The molecule has 0 saturated heterocycles. The van der Waals surface area contributed by atoms with Gasteiger partial charge in [0.15, 0.2) is 5.82 Å². The van der Waals surface area contributed by atoms with Gasteiger partial charge < -0.3 is 4.42 Å².